The second-order valence-electron chi connectivity index (χ2n) is 17.1. The third kappa shape index (κ3) is 5.03. The highest BCUT2D eigenvalue weighted by Gasteiger charge is 2.54. The van der Waals surface area contributed by atoms with Crippen molar-refractivity contribution in [3.8, 4) is 33.4 Å². The van der Waals surface area contributed by atoms with E-state index in [4.69, 9.17) is 0 Å². The Morgan fingerprint density at radius 2 is 0.900 bits per heavy atom. The Morgan fingerprint density at radius 1 is 0.367 bits per heavy atom. The Bertz CT molecular complexity index is 3230. The van der Waals surface area contributed by atoms with E-state index in [0.717, 1.165) is 0 Å². The van der Waals surface area contributed by atoms with Crippen LogP contribution < -0.4 is 0 Å². The fourth-order valence-corrected chi connectivity index (χ4v) is 12.1. The van der Waals surface area contributed by atoms with Gasteiger partial charge >= 0.3 is 0 Å². The van der Waals surface area contributed by atoms with Crippen molar-refractivity contribution in [3.63, 3.8) is 0 Å². The SMILES string of the molecule is CC1(C)c2ccccc2C2(c3ccc(-c4ccc5sc6ccccc6c5c4)cc3-c3c(C(c4ccccc4)c4ccc(-c5ccccc5)cc4)cccc32)c2ccccc21. The van der Waals surface area contributed by atoms with Crippen molar-refractivity contribution in [1.29, 1.82) is 0 Å². The summed E-state index contributed by atoms with van der Waals surface area (Å²) in [5.41, 5.74) is 19.1. The average Bonchev–Trinajstić information content (AvgIpc) is 3.83. The van der Waals surface area contributed by atoms with Crippen LogP contribution in [-0.2, 0) is 10.8 Å². The molecule has 1 heteroatoms. The van der Waals surface area contributed by atoms with Crippen LogP contribution in [0, 0.1) is 0 Å². The third-order valence-electron chi connectivity index (χ3n) is 13.7. The number of benzene rings is 9. The molecule has 0 saturated carbocycles. The van der Waals surface area contributed by atoms with Gasteiger partial charge in [0.1, 0.15) is 0 Å². The first-order chi connectivity index (χ1) is 29.5. The number of rotatable bonds is 5. The lowest BCUT2D eigenvalue weighted by molar-refractivity contribution is 0.563. The Hall–Kier alpha value is -6.80. The van der Waals surface area contributed by atoms with Gasteiger partial charge in [0.2, 0.25) is 0 Å². The minimum absolute atomic E-state index is 0.0108. The van der Waals surface area contributed by atoms with Gasteiger partial charge in [-0.15, -0.1) is 11.3 Å². The number of hydrogen-bond acceptors (Lipinski definition) is 1. The van der Waals surface area contributed by atoms with Crippen LogP contribution >= 0.6 is 11.3 Å². The summed E-state index contributed by atoms with van der Waals surface area (Å²) >= 11 is 1.88. The quantitative estimate of drug-likeness (QED) is 0.153. The maximum atomic E-state index is 2.52. The molecular weight excluding hydrogens is 741 g/mol. The molecule has 0 amide bonds. The molecule has 1 aromatic heterocycles. The van der Waals surface area contributed by atoms with Crippen molar-refractivity contribution in [3.05, 3.63) is 262 Å². The van der Waals surface area contributed by atoms with Gasteiger partial charge < -0.3 is 0 Å². The van der Waals surface area contributed by atoms with Gasteiger partial charge in [0.25, 0.3) is 0 Å². The average molecular weight is 783 g/mol. The van der Waals surface area contributed by atoms with Gasteiger partial charge in [0, 0.05) is 31.5 Å². The molecule has 0 saturated heterocycles. The number of fused-ring (bicyclic) bond motifs is 12. The van der Waals surface area contributed by atoms with Crippen molar-refractivity contribution in [1.82, 2.24) is 0 Å². The summed E-state index contributed by atoms with van der Waals surface area (Å²) in [6.07, 6.45) is 0. The largest absolute Gasteiger partial charge is 0.135 e. The second kappa shape index (κ2) is 13.4. The molecule has 12 rings (SSSR count). The fourth-order valence-electron chi connectivity index (χ4n) is 11.0. The van der Waals surface area contributed by atoms with Crippen molar-refractivity contribution < 1.29 is 0 Å². The summed E-state index contributed by atoms with van der Waals surface area (Å²) in [7, 11) is 0. The second-order valence-corrected chi connectivity index (χ2v) is 18.2. The molecule has 0 bridgehead atoms. The number of thiophene rings is 1. The molecule has 0 aliphatic heterocycles. The van der Waals surface area contributed by atoms with E-state index in [2.05, 4.69) is 226 Å². The molecule has 1 atom stereocenters. The Kier molecular flexibility index (Phi) is 7.83. The Morgan fingerprint density at radius 3 is 1.63 bits per heavy atom. The summed E-state index contributed by atoms with van der Waals surface area (Å²) < 4.78 is 2.66. The van der Waals surface area contributed by atoms with Gasteiger partial charge in [-0.05, 0) is 108 Å². The third-order valence-corrected chi connectivity index (χ3v) is 14.9. The maximum Gasteiger partial charge on any atom is 0.0719 e. The minimum Gasteiger partial charge on any atom is -0.135 e. The molecule has 1 heterocycles. The van der Waals surface area contributed by atoms with E-state index >= 15 is 0 Å². The van der Waals surface area contributed by atoms with Crippen LogP contribution in [-0.4, -0.2) is 0 Å². The molecule has 284 valence electrons. The predicted molar refractivity (Wildman–Crippen MR) is 253 cm³/mol. The van der Waals surface area contributed by atoms with Crippen LogP contribution in [0.1, 0.15) is 69.8 Å². The molecule has 1 spiro atoms. The summed E-state index contributed by atoms with van der Waals surface area (Å²) in [4.78, 5) is 0. The van der Waals surface area contributed by atoms with Crippen molar-refractivity contribution in [2.45, 2.75) is 30.6 Å². The van der Waals surface area contributed by atoms with E-state index < -0.39 is 5.41 Å². The van der Waals surface area contributed by atoms with E-state index in [1.54, 1.807) is 0 Å². The molecule has 10 aromatic rings. The topological polar surface area (TPSA) is 0 Å². The van der Waals surface area contributed by atoms with Crippen LogP contribution in [0.4, 0.5) is 0 Å². The zero-order chi connectivity index (χ0) is 40.0. The zero-order valence-corrected chi connectivity index (χ0v) is 34.5. The highest BCUT2D eigenvalue weighted by atomic mass is 32.1. The lowest BCUT2D eigenvalue weighted by Gasteiger charge is -2.46. The fraction of sp³-hybridized carbons (Fsp3) is 0.0847. The van der Waals surface area contributed by atoms with Crippen molar-refractivity contribution >= 4 is 31.5 Å². The van der Waals surface area contributed by atoms with Crippen LogP contribution in [0.5, 0.6) is 0 Å². The maximum absolute atomic E-state index is 2.52. The molecular formula is C59H42S. The van der Waals surface area contributed by atoms with Gasteiger partial charge in [-0.2, -0.15) is 0 Å². The van der Waals surface area contributed by atoms with Gasteiger partial charge in [-0.1, -0.05) is 202 Å². The smallest absolute Gasteiger partial charge is 0.0719 e. The highest BCUT2D eigenvalue weighted by molar-refractivity contribution is 7.25. The standard InChI is InChI=1S/C59H42S/c1-58(2)49-22-10-12-24-51(49)59(52-25-13-11-23-50(52)58)48-34-32-42(43-33-35-55-46(36-43)44-20-9-14-27-54(44)60-55)37-47(48)57-45(21-15-26-53(57)59)56(40-18-7-4-8-19-40)41-30-28-39(29-31-41)38-16-5-3-6-17-38/h3-37,56H,1-2H3. The van der Waals surface area contributed by atoms with Crippen LogP contribution in [0.2, 0.25) is 0 Å². The number of hydrogen-bond donors (Lipinski definition) is 0. The van der Waals surface area contributed by atoms with E-state index in [0.29, 0.717) is 0 Å². The molecule has 1 unspecified atom stereocenters. The minimum atomic E-state index is -0.492. The lowest BCUT2D eigenvalue weighted by atomic mass is 9.55. The molecule has 0 nitrogen and oxygen atoms in total. The summed E-state index contributed by atoms with van der Waals surface area (Å²) in [6, 6.07) is 80.2. The molecule has 2 aliphatic carbocycles. The normalized spacial score (nSPS) is 14.7. The summed E-state index contributed by atoms with van der Waals surface area (Å²) in [6.45, 7) is 4.81. The highest BCUT2D eigenvalue weighted by Crippen LogP contribution is 2.63. The first-order valence-corrected chi connectivity index (χ1v) is 21.9. The summed E-state index contributed by atoms with van der Waals surface area (Å²) in [5.74, 6) is 0.0108. The summed E-state index contributed by atoms with van der Waals surface area (Å²) in [5, 5.41) is 2.65. The van der Waals surface area contributed by atoms with Crippen molar-refractivity contribution in [2.24, 2.45) is 0 Å². The molecule has 0 fully saturated rings. The van der Waals surface area contributed by atoms with Gasteiger partial charge in [-0.25, -0.2) is 0 Å². The van der Waals surface area contributed by atoms with Gasteiger partial charge in [-0.3, -0.25) is 0 Å². The molecule has 2 aliphatic rings. The van der Waals surface area contributed by atoms with E-state index in [9.17, 15) is 0 Å². The molecule has 0 N–H and O–H groups in total. The van der Waals surface area contributed by atoms with E-state index in [1.165, 1.54) is 104 Å². The molecule has 60 heavy (non-hydrogen) atoms. The predicted octanol–water partition coefficient (Wildman–Crippen LogP) is 15.6. The van der Waals surface area contributed by atoms with Crippen LogP contribution in [0.25, 0.3) is 53.6 Å². The molecule has 0 radical (unpaired) electrons. The van der Waals surface area contributed by atoms with Gasteiger partial charge in [0.15, 0.2) is 0 Å². The first-order valence-electron chi connectivity index (χ1n) is 21.1. The van der Waals surface area contributed by atoms with Gasteiger partial charge in [0.05, 0.1) is 5.41 Å². The van der Waals surface area contributed by atoms with E-state index in [1.807, 2.05) is 11.3 Å². The van der Waals surface area contributed by atoms with Crippen LogP contribution in [0.15, 0.2) is 212 Å². The van der Waals surface area contributed by atoms with Crippen LogP contribution in [0.3, 0.4) is 0 Å². The first kappa shape index (κ1) is 35.2. The molecule has 9 aromatic carbocycles. The van der Waals surface area contributed by atoms with Crippen molar-refractivity contribution in [2.75, 3.05) is 0 Å². The Balaban J connectivity index is 1.15. The zero-order valence-electron chi connectivity index (χ0n) is 33.7. The Labute approximate surface area is 356 Å². The van der Waals surface area contributed by atoms with E-state index in [-0.39, 0.29) is 11.3 Å². The monoisotopic (exact) mass is 782 g/mol. The lowest BCUT2D eigenvalue weighted by Crippen LogP contribution is -2.40.